The molecule has 0 saturated carbocycles. The van der Waals surface area contributed by atoms with Crippen molar-refractivity contribution in [2.24, 2.45) is 0 Å². The second kappa shape index (κ2) is 9.48. The number of carbonyl (C=O) groups excluding carboxylic acids is 1. The van der Waals surface area contributed by atoms with Crippen LogP contribution in [0, 0.1) is 0 Å². The van der Waals surface area contributed by atoms with E-state index < -0.39 is 0 Å². The number of nitrogens with one attached hydrogen (secondary N) is 1. The van der Waals surface area contributed by atoms with E-state index in [2.05, 4.69) is 22.5 Å². The first-order chi connectivity index (χ1) is 13.1. The molecule has 0 unspecified atom stereocenters. The van der Waals surface area contributed by atoms with Gasteiger partial charge in [0.1, 0.15) is 5.69 Å². The summed E-state index contributed by atoms with van der Waals surface area (Å²) >= 11 is 1.59. The lowest BCUT2D eigenvalue weighted by Crippen LogP contribution is -2.25. The Bertz CT molecular complexity index is 842. The Morgan fingerprint density at radius 1 is 1.22 bits per heavy atom. The van der Waals surface area contributed by atoms with E-state index in [4.69, 9.17) is 4.74 Å². The first kappa shape index (κ1) is 19.3. The van der Waals surface area contributed by atoms with Crippen LogP contribution in [0.25, 0.3) is 10.6 Å². The lowest BCUT2D eigenvalue weighted by Gasteiger charge is -2.08. The van der Waals surface area contributed by atoms with Gasteiger partial charge in [-0.3, -0.25) is 9.48 Å². The van der Waals surface area contributed by atoms with Crippen molar-refractivity contribution < 1.29 is 9.53 Å². The van der Waals surface area contributed by atoms with E-state index in [1.165, 1.54) is 0 Å². The third-order valence-electron chi connectivity index (χ3n) is 4.01. The second-order valence-corrected chi connectivity index (χ2v) is 7.53. The van der Waals surface area contributed by atoms with Gasteiger partial charge < -0.3 is 10.1 Å². The highest BCUT2D eigenvalue weighted by molar-refractivity contribution is 7.13. The molecular weight excluding hydrogens is 358 g/mol. The zero-order valence-electron chi connectivity index (χ0n) is 15.7. The highest BCUT2D eigenvalue weighted by atomic mass is 32.1. The maximum Gasteiger partial charge on any atom is 0.255 e. The molecule has 0 saturated heterocycles. The summed E-state index contributed by atoms with van der Waals surface area (Å²) in [5.74, 6) is -0.0951. The summed E-state index contributed by atoms with van der Waals surface area (Å²) < 4.78 is 7.35. The summed E-state index contributed by atoms with van der Waals surface area (Å²) in [5, 5.41) is 9.66. The summed E-state index contributed by atoms with van der Waals surface area (Å²) in [6.07, 6.45) is 2.83. The molecule has 0 aliphatic carbocycles. The third kappa shape index (κ3) is 5.52. The molecule has 0 bridgehead atoms. The number of thiophene rings is 1. The minimum absolute atomic E-state index is 0.0951. The van der Waals surface area contributed by atoms with Gasteiger partial charge in [0.2, 0.25) is 0 Å². The molecule has 1 N–H and O–H groups in total. The molecular formula is C21H25N3O2S. The van der Waals surface area contributed by atoms with Crippen molar-refractivity contribution >= 4 is 17.2 Å². The first-order valence-electron chi connectivity index (χ1n) is 9.18. The Morgan fingerprint density at radius 2 is 2.04 bits per heavy atom. The maximum absolute atomic E-state index is 12.7. The summed E-state index contributed by atoms with van der Waals surface area (Å²) in [7, 11) is 0. The van der Waals surface area contributed by atoms with Crippen LogP contribution in [-0.2, 0) is 11.3 Å². The Morgan fingerprint density at radius 3 is 2.74 bits per heavy atom. The average Bonchev–Trinajstić information content (AvgIpc) is 3.31. The van der Waals surface area contributed by atoms with Crippen LogP contribution in [-0.4, -0.2) is 34.9 Å². The Labute approximate surface area is 164 Å². The van der Waals surface area contributed by atoms with Crippen LogP contribution in [0.3, 0.4) is 0 Å². The molecule has 3 rings (SSSR count). The largest absolute Gasteiger partial charge is 0.379 e. The van der Waals surface area contributed by atoms with E-state index in [0.717, 1.165) is 22.6 Å². The number of carbonyl (C=O) groups is 1. The van der Waals surface area contributed by atoms with Crippen molar-refractivity contribution in [2.45, 2.75) is 32.9 Å². The van der Waals surface area contributed by atoms with E-state index in [9.17, 15) is 4.79 Å². The summed E-state index contributed by atoms with van der Waals surface area (Å²) in [6, 6.07) is 14.1. The van der Waals surface area contributed by atoms with Crippen molar-refractivity contribution in [1.29, 1.82) is 0 Å². The molecule has 1 amide bonds. The van der Waals surface area contributed by atoms with Gasteiger partial charge in [0.25, 0.3) is 5.91 Å². The number of ether oxygens (including phenoxy) is 1. The highest BCUT2D eigenvalue weighted by Crippen LogP contribution is 2.27. The summed E-state index contributed by atoms with van der Waals surface area (Å²) in [6.45, 7) is 5.87. The van der Waals surface area contributed by atoms with Crippen LogP contribution in [0.4, 0.5) is 0 Å². The van der Waals surface area contributed by atoms with Crippen LogP contribution in [0.2, 0.25) is 0 Å². The zero-order chi connectivity index (χ0) is 19.1. The molecule has 0 fully saturated rings. The molecule has 0 aliphatic heterocycles. The molecule has 27 heavy (non-hydrogen) atoms. The topological polar surface area (TPSA) is 56.1 Å². The quantitative estimate of drug-likeness (QED) is 0.563. The molecule has 5 nitrogen and oxygen atoms in total. The molecule has 0 aliphatic rings. The van der Waals surface area contributed by atoms with Gasteiger partial charge in [-0.25, -0.2) is 0 Å². The zero-order valence-corrected chi connectivity index (χ0v) is 16.5. The van der Waals surface area contributed by atoms with Crippen molar-refractivity contribution in [3.8, 4) is 10.6 Å². The summed E-state index contributed by atoms with van der Waals surface area (Å²) in [5.41, 5.74) is 2.49. The van der Waals surface area contributed by atoms with Crippen molar-refractivity contribution in [2.75, 3.05) is 13.2 Å². The van der Waals surface area contributed by atoms with Crippen molar-refractivity contribution in [3.63, 3.8) is 0 Å². The van der Waals surface area contributed by atoms with E-state index in [0.29, 0.717) is 25.3 Å². The Kier molecular flexibility index (Phi) is 6.79. The third-order valence-corrected chi connectivity index (χ3v) is 4.88. The van der Waals surface area contributed by atoms with Gasteiger partial charge in [-0.05, 0) is 37.3 Å². The molecule has 6 heteroatoms. The highest BCUT2D eigenvalue weighted by Gasteiger charge is 2.18. The molecule has 1 aromatic carbocycles. The second-order valence-electron chi connectivity index (χ2n) is 6.58. The van der Waals surface area contributed by atoms with Crippen molar-refractivity contribution in [3.05, 3.63) is 65.2 Å². The van der Waals surface area contributed by atoms with E-state index >= 15 is 0 Å². The number of hydrogen-bond donors (Lipinski definition) is 1. The van der Waals surface area contributed by atoms with Gasteiger partial charge in [-0.15, -0.1) is 11.3 Å². The molecule has 142 valence electrons. The normalized spacial score (nSPS) is 11.1. The molecule has 0 atom stereocenters. The van der Waals surface area contributed by atoms with Gasteiger partial charge >= 0.3 is 0 Å². The standard InChI is InChI=1S/C21H25N3O2S/c1-16(2)26-12-7-11-22-21(25)18-15-24(14-17-8-4-3-5-9-17)23-20(18)19-10-6-13-27-19/h3-6,8-10,13,15-16H,7,11-12,14H2,1-2H3,(H,22,25). The summed E-state index contributed by atoms with van der Waals surface area (Å²) in [4.78, 5) is 13.7. The fourth-order valence-corrected chi connectivity index (χ4v) is 3.45. The number of nitrogens with zero attached hydrogens (tertiary/aromatic N) is 2. The molecule has 2 aromatic heterocycles. The Hall–Kier alpha value is -2.44. The fraction of sp³-hybridized carbons (Fsp3) is 0.333. The van der Waals surface area contributed by atoms with Crippen molar-refractivity contribution in [1.82, 2.24) is 15.1 Å². The first-order valence-corrected chi connectivity index (χ1v) is 10.1. The van der Waals surface area contributed by atoms with Gasteiger partial charge in [0.05, 0.1) is 23.1 Å². The molecule has 3 aromatic rings. The number of amides is 1. The minimum Gasteiger partial charge on any atom is -0.379 e. The lowest BCUT2D eigenvalue weighted by atomic mass is 10.2. The van der Waals surface area contributed by atoms with E-state index in [1.54, 1.807) is 11.3 Å². The minimum atomic E-state index is -0.0951. The predicted octanol–water partition coefficient (Wildman–Crippen LogP) is 4.20. The smallest absolute Gasteiger partial charge is 0.255 e. The van der Waals surface area contributed by atoms with Gasteiger partial charge in [-0.2, -0.15) is 5.10 Å². The van der Waals surface area contributed by atoms with E-state index in [-0.39, 0.29) is 12.0 Å². The number of aromatic nitrogens is 2. The SMILES string of the molecule is CC(C)OCCCNC(=O)c1cn(Cc2ccccc2)nc1-c1cccs1. The fourth-order valence-electron chi connectivity index (χ4n) is 2.72. The number of benzene rings is 1. The van der Waals surface area contributed by atoms with Crippen LogP contribution in [0.15, 0.2) is 54.0 Å². The predicted molar refractivity (Wildman–Crippen MR) is 109 cm³/mol. The van der Waals surface area contributed by atoms with Crippen LogP contribution >= 0.6 is 11.3 Å². The maximum atomic E-state index is 12.7. The van der Waals surface area contributed by atoms with Gasteiger partial charge in [-0.1, -0.05) is 36.4 Å². The number of rotatable bonds is 9. The van der Waals surface area contributed by atoms with Gasteiger partial charge in [0.15, 0.2) is 0 Å². The van der Waals surface area contributed by atoms with Crippen LogP contribution in [0.1, 0.15) is 36.2 Å². The molecule has 2 heterocycles. The van der Waals surface area contributed by atoms with Gasteiger partial charge in [0, 0.05) is 19.3 Å². The Balaban J connectivity index is 1.71. The van der Waals surface area contributed by atoms with Crippen LogP contribution < -0.4 is 5.32 Å². The van der Waals surface area contributed by atoms with Crippen LogP contribution in [0.5, 0.6) is 0 Å². The molecule has 0 radical (unpaired) electrons. The lowest BCUT2D eigenvalue weighted by molar-refractivity contribution is 0.0757. The van der Waals surface area contributed by atoms with E-state index in [1.807, 2.05) is 60.4 Å². The number of hydrogen-bond acceptors (Lipinski definition) is 4. The monoisotopic (exact) mass is 383 g/mol. The average molecular weight is 384 g/mol. The molecule has 0 spiro atoms.